The molecule has 4 atom stereocenters. The second-order valence-electron chi connectivity index (χ2n) is 8.10. The van der Waals surface area contributed by atoms with Crippen molar-refractivity contribution >= 4 is 22.1 Å². The first-order valence-electron chi connectivity index (χ1n) is 11.1. The molecule has 0 saturated carbocycles. The SMILES string of the molecule is Cc1ccc(S(=O)(=O)OC2C(OC(=O)c3ccccc3)COC(O)C2OC(=O)c2ccccc2)cc1. The Balaban J connectivity index is 1.64. The maximum atomic E-state index is 13.1. The predicted molar refractivity (Wildman–Crippen MR) is 126 cm³/mol. The highest BCUT2D eigenvalue weighted by molar-refractivity contribution is 7.86. The minimum Gasteiger partial charge on any atom is -0.453 e. The van der Waals surface area contributed by atoms with Crippen LogP contribution in [0.3, 0.4) is 0 Å². The molecule has 0 aliphatic carbocycles. The van der Waals surface area contributed by atoms with Gasteiger partial charge in [-0.25, -0.2) is 9.59 Å². The molecular weight excluding hydrogens is 488 g/mol. The molecule has 1 fully saturated rings. The highest BCUT2D eigenvalue weighted by Crippen LogP contribution is 2.28. The Morgan fingerprint density at radius 3 is 1.89 bits per heavy atom. The monoisotopic (exact) mass is 512 g/mol. The van der Waals surface area contributed by atoms with Crippen molar-refractivity contribution in [1.29, 1.82) is 0 Å². The molecule has 3 aromatic carbocycles. The molecule has 188 valence electrons. The van der Waals surface area contributed by atoms with E-state index < -0.39 is 53.3 Å². The number of carbonyl (C=O) groups excluding carboxylic acids is 2. The van der Waals surface area contributed by atoms with Crippen LogP contribution in [0.2, 0.25) is 0 Å². The van der Waals surface area contributed by atoms with E-state index in [9.17, 15) is 23.1 Å². The Morgan fingerprint density at radius 1 is 0.806 bits per heavy atom. The third-order valence-corrected chi connectivity index (χ3v) is 6.80. The van der Waals surface area contributed by atoms with Gasteiger partial charge in [0.2, 0.25) is 0 Å². The quantitative estimate of drug-likeness (QED) is 0.376. The second kappa shape index (κ2) is 11.0. The zero-order chi connectivity index (χ0) is 25.7. The summed E-state index contributed by atoms with van der Waals surface area (Å²) in [6, 6.07) is 21.8. The molecule has 4 unspecified atom stereocenters. The minimum atomic E-state index is -4.42. The number of carbonyl (C=O) groups is 2. The van der Waals surface area contributed by atoms with Crippen LogP contribution in [0.25, 0.3) is 0 Å². The van der Waals surface area contributed by atoms with Gasteiger partial charge in [-0.1, -0.05) is 54.1 Å². The molecule has 0 amide bonds. The lowest BCUT2D eigenvalue weighted by atomic mass is 10.0. The fraction of sp³-hybridized carbons (Fsp3) is 0.231. The average molecular weight is 513 g/mol. The van der Waals surface area contributed by atoms with Gasteiger partial charge in [0.15, 0.2) is 24.6 Å². The summed E-state index contributed by atoms with van der Waals surface area (Å²) in [5.74, 6) is -1.62. The third kappa shape index (κ3) is 5.97. The van der Waals surface area contributed by atoms with Crippen molar-refractivity contribution < 1.29 is 41.5 Å². The number of benzene rings is 3. The third-order valence-electron chi connectivity index (χ3n) is 5.47. The molecule has 3 aromatic rings. The Hall–Kier alpha value is -3.57. The summed E-state index contributed by atoms with van der Waals surface area (Å²) in [6.07, 6.45) is -6.28. The van der Waals surface area contributed by atoms with Crippen LogP contribution in [-0.2, 0) is 28.5 Å². The molecule has 1 N–H and O–H groups in total. The van der Waals surface area contributed by atoms with E-state index in [0.29, 0.717) is 0 Å². The Labute approximate surface area is 208 Å². The summed E-state index contributed by atoms with van der Waals surface area (Å²) in [4.78, 5) is 25.3. The average Bonchev–Trinajstić information content (AvgIpc) is 2.88. The number of rotatable bonds is 7. The van der Waals surface area contributed by atoms with Crippen molar-refractivity contribution in [2.75, 3.05) is 6.61 Å². The van der Waals surface area contributed by atoms with Gasteiger partial charge in [0.25, 0.3) is 10.1 Å². The van der Waals surface area contributed by atoms with Gasteiger partial charge in [-0.2, -0.15) is 8.42 Å². The maximum absolute atomic E-state index is 13.1. The molecule has 0 spiro atoms. The fourth-order valence-corrected chi connectivity index (χ4v) is 4.66. The van der Waals surface area contributed by atoms with E-state index in [2.05, 4.69) is 0 Å². The molecule has 0 radical (unpaired) electrons. The van der Waals surface area contributed by atoms with E-state index >= 15 is 0 Å². The zero-order valence-electron chi connectivity index (χ0n) is 19.2. The first-order valence-corrected chi connectivity index (χ1v) is 12.5. The summed E-state index contributed by atoms with van der Waals surface area (Å²) >= 11 is 0. The molecule has 1 aliphatic rings. The number of ether oxygens (including phenoxy) is 3. The van der Waals surface area contributed by atoms with E-state index in [4.69, 9.17) is 18.4 Å². The smallest absolute Gasteiger partial charge is 0.338 e. The molecule has 0 aromatic heterocycles. The Kier molecular flexibility index (Phi) is 7.80. The molecule has 36 heavy (non-hydrogen) atoms. The number of aliphatic hydroxyl groups is 1. The first-order chi connectivity index (χ1) is 17.2. The van der Waals surface area contributed by atoms with E-state index in [1.54, 1.807) is 55.5 Å². The Morgan fingerprint density at radius 2 is 1.33 bits per heavy atom. The summed E-state index contributed by atoms with van der Waals surface area (Å²) in [5.41, 5.74) is 1.20. The molecule has 1 heterocycles. The van der Waals surface area contributed by atoms with Crippen molar-refractivity contribution in [2.24, 2.45) is 0 Å². The second-order valence-corrected chi connectivity index (χ2v) is 9.67. The van der Waals surface area contributed by atoms with Gasteiger partial charge in [0, 0.05) is 0 Å². The standard InChI is InChI=1S/C26H24O9S/c1-17-12-14-20(15-13-17)36(30,31)35-22-21(33-24(27)18-8-4-2-5-9-18)16-32-26(29)23(22)34-25(28)19-10-6-3-7-11-19/h2-15,21-23,26,29H,16H2,1H3. The van der Waals surface area contributed by atoms with Crippen LogP contribution in [-0.4, -0.2) is 56.7 Å². The summed E-state index contributed by atoms with van der Waals surface area (Å²) in [7, 11) is -4.42. The van der Waals surface area contributed by atoms with Crippen LogP contribution >= 0.6 is 0 Å². The predicted octanol–water partition coefficient (Wildman–Crippen LogP) is 2.87. The van der Waals surface area contributed by atoms with Crippen LogP contribution < -0.4 is 0 Å². The molecular formula is C26H24O9S. The normalized spacial score (nSPS) is 21.9. The molecule has 1 aliphatic heterocycles. The number of aliphatic hydroxyl groups excluding tert-OH is 1. The van der Waals surface area contributed by atoms with E-state index in [1.807, 2.05) is 0 Å². The van der Waals surface area contributed by atoms with Crippen molar-refractivity contribution in [3.63, 3.8) is 0 Å². The summed E-state index contributed by atoms with van der Waals surface area (Å²) in [6.45, 7) is 1.40. The number of hydrogen-bond donors (Lipinski definition) is 1. The zero-order valence-corrected chi connectivity index (χ0v) is 20.0. The highest BCUT2D eigenvalue weighted by atomic mass is 32.2. The first kappa shape index (κ1) is 25.5. The van der Waals surface area contributed by atoms with Crippen LogP contribution in [0.1, 0.15) is 26.3 Å². The van der Waals surface area contributed by atoms with Crippen LogP contribution in [0.4, 0.5) is 0 Å². The Bertz CT molecular complexity index is 1290. The van der Waals surface area contributed by atoms with Crippen LogP contribution in [0, 0.1) is 6.92 Å². The number of hydrogen-bond acceptors (Lipinski definition) is 9. The van der Waals surface area contributed by atoms with Gasteiger partial charge in [-0.05, 0) is 43.3 Å². The van der Waals surface area contributed by atoms with Gasteiger partial charge in [-0.15, -0.1) is 0 Å². The molecule has 0 bridgehead atoms. The van der Waals surface area contributed by atoms with Gasteiger partial charge >= 0.3 is 11.9 Å². The van der Waals surface area contributed by atoms with E-state index in [1.165, 1.54) is 36.4 Å². The molecule has 4 rings (SSSR count). The van der Waals surface area contributed by atoms with E-state index in [-0.39, 0.29) is 16.0 Å². The van der Waals surface area contributed by atoms with Crippen molar-refractivity contribution in [2.45, 2.75) is 36.4 Å². The lowest BCUT2D eigenvalue weighted by Crippen LogP contribution is -2.57. The largest absolute Gasteiger partial charge is 0.453 e. The van der Waals surface area contributed by atoms with Crippen molar-refractivity contribution in [3.05, 3.63) is 102 Å². The fourth-order valence-electron chi connectivity index (χ4n) is 3.55. The summed E-state index contributed by atoms with van der Waals surface area (Å²) < 4.78 is 47.8. The van der Waals surface area contributed by atoms with Crippen molar-refractivity contribution in [3.8, 4) is 0 Å². The van der Waals surface area contributed by atoms with Gasteiger partial charge in [0.1, 0.15) is 0 Å². The molecule has 9 nitrogen and oxygen atoms in total. The lowest BCUT2D eigenvalue weighted by Gasteiger charge is -2.38. The minimum absolute atomic E-state index is 0.157. The molecule has 10 heteroatoms. The van der Waals surface area contributed by atoms with E-state index in [0.717, 1.165) is 5.56 Å². The highest BCUT2D eigenvalue weighted by Gasteiger charge is 2.48. The van der Waals surface area contributed by atoms with Crippen molar-refractivity contribution in [1.82, 2.24) is 0 Å². The van der Waals surface area contributed by atoms with Crippen LogP contribution in [0.15, 0.2) is 89.8 Å². The topological polar surface area (TPSA) is 125 Å². The van der Waals surface area contributed by atoms with Gasteiger partial charge in [-0.3, -0.25) is 4.18 Å². The summed E-state index contributed by atoms with van der Waals surface area (Å²) in [5, 5.41) is 10.5. The van der Waals surface area contributed by atoms with Gasteiger partial charge < -0.3 is 19.3 Å². The number of aryl methyl sites for hydroxylation is 1. The number of esters is 2. The van der Waals surface area contributed by atoms with Gasteiger partial charge in [0.05, 0.1) is 22.6 Å². The maximum Gasteiger partial charge on any atom is 0.338 e. The molecule has 1 saturated heterocycles. The lowest BCUT2D eigenvalue weighted by molar-refractivity contribution is -0.245. The van der Waals surface area contributed by atoms with Crippen LogP contribution in [0.5, 0.6) is 0 Å².